The molecule has 0 spiro atoms. The SMILES string of the molecule is Cc1cc(C(=O)O)nc(CC(F)(F)F)n1. The van der Waals surface area contributed by atoms with E-state index in [0.717, 1.165) is 6.07 Å². The molecule has 15 heavy (non-hydrogen) atoms. The molecular weight excluding hydrogens is 213 g/mol. The number of aromatic carboxylic acids is 1. The van der Waals surface area contributed by atoms with Crippen molar-refractivity contribution in [1.82, 2.24) is 9.97 Å². The molecule has 1 N–H and O–H groups in total. The van der Waals surface area contributed by atoms with Gasteiger partial charge in [-0.2, -0.15) is 13.2 Å². The highest BCUT2D eigenvalue weighted by Crippen LogP contribution is 2.19. The zero-order chi connectivity index (χ0) is 11.6. The first-order chi connectivity index (χ1) is 6.78. The molecule has 1 aromatic rings. The maximum atomic E-state index is 12.0. The molecule has 0 unspecified atom stereocenters. The summed E-state index contributed by atoms with van der Waals surface area (Å²) in [6.07, 6.45) is -5.77. The van der Waals surface area contributed by atoms with Crippen molar-refractivity contribution < 1.29 is 23.1 Å². The summed E-state index contributed by atoms with van der Waals surface area (Å²) in [7, 11) is 0. The van der Waals surface area contributed by atoms with Crippen molar-refractivity contribution in [2.45, 2.75) is 19.5 Å². The molecule has 1 aromatic heterocycles. The maximum Gasteiger partial charge on any atom is 0.396 e. The summed E-state index contributed by atoms with van der Waals surface area (Å²) >= 11 is 0. The van der Waals surface area contributed by atoms with Crippen molar-refractivity contribution in [1.29, 1.82) is 0 Å². The van der Waals surface area contributed by atoms with E-state index in [-0.39, 0.29) is 5.69 Å². The Balaban J connectivity index is 3.04. The molecule has 0 aromatic carbocycles. The minimum absolute atomic E-state index is 0.196. The first kappa shape index (κ1) is 11.4. The van der Waals surface area contributed by atoms with Gasteiger partial charge < -0.3 is 5.11 Å². The second kappa shape index (κ2) is 3.84. The summed E-state index contributed by atoms with van der Waals surface area (Å²) in [6, 6.07) is 1.11. The zero-order valence-electron chi connectivity index (χ0n) is 7.67. The van der Waals surface area contributed by atoms with Crippen LogP contribution in [-0.4, -0.2) is 27.2 Å². The van der Waals surface area contributed by atoms with Crippen LogP contribution in [0.25, 0.3) is 0 Å². The van der Waals surface area contributed by atoms with Crippen molar-refractivity contribution in [2.75, 3.05) is 0 Å². The second-order valence-corrected chi connectivity index (χ2v) is 2.91. The Kier molecular flexibility index (Phi) is 2.92. The molecule has 0 bridgehead atoms. The summed E-state index contributed by atoms with van der Waals surface area (Å²) in [5, 5.41) is 8.56. The van der Waals surface area contributed by atoms with Crippen LogP contribution in [0.3, 0.4) is 0 Å². The third-order valence-corrected chi connectivity index (χ3v) is 1.48. The standard InChI is InChI=1S/C8H7F3N2O2/c1-4-2-5(7(14)15)13-6(12-4)3-8(9,10)11/h2H,3H2,1H3,(H,14,15). The Morgan fingerprint density at radius 3 is 2.53 bits per heavy atom. The maximum absolute atomic E-state index is 12.0. The van der Waals surface area contributed by atoms with E-state index >= 15 is 0 Å². The fraction of sp³-hybridized carbons (Fsp3) is 0.375. The van der Waals surface area contributed by atoms with E-state index in [9.17, 15) is 18.0 Å². The van der Waals surface area contributed by atoms with Gasteiger partial charge >= 0.3 is 12.1 Å². The molecule has 1 rings (SSSR count). The molecule has 0 fully saturated rings. The Hall–Kier alpha value is -1.66. The number of aryl methyl sites for hydroxylation is 1. The Morgan fingerprint density at radius 1 is 1.47 bits per heavy atom. The van der Waals surface area contributed by atoms with Gasteiger partial charge in [0.25, 0.3) is 0 Å². The number of halogens is 3. The normalized spacial score (nSPS) is 11.5. The second-order valence-electron chi connectivity index (χ2n) is 2.91. The first-order valence-corrected chi connectivity index (χ1v) is 3.92. The van der Waals surface area contributed by atoms with Crippen LogP contribution < -0.4 is 0 Å². The molecule has 0 radical (unpaired) electrons. The molecular formula is C8H7F3N2O2. The number of rotatable bonds is 2. The summed E-state index contributed by atoms with van der Waals surface area (Å²) in [5.41, 5.74) is -0.233. The van der Waals surface area contributed by atoms with Gasteiger partial charge in [-0.1, -0.05) is 0 Å². The quantitative estimate of drug-likeness (QED) is 0.821. The minimum atomic E-state index is -4.44. The average Bonchev–Trinajstić information content (AvgIpc) is 1.99. The lowest BCUT2D eigenvalue weighted by Gasteiger charge is -2.06. The van der Waals surface area contributed by atoms with Crippen molar-refractivity contribution in [3.05, 3.63) is 23.3 Å². The summed E-state index contributed by atoms with van der Waals surface area (Å²) in [4.78, 5) is 17.3. The van der Waals surface area contributed by atoms with Crippen molar-refractivity contribution in [3.63, 3.8) is 0 Å². The molecule has 0 saturated carbocycles. The summed E-state index contributed by atoms with van der Waals surface area (Å²) in [5.74, 6) is -1.90. The zero-order valence-corrected chi connectivity index (χ0v) is 7.67. The highest BCUT2D eigenvalue weighted by atomic mass is 19.4. The fourth-order valence-corrected chi connectivity index (χ4v) is 0.998. The van der Waals surface area contributed by atoms with Crippen LogP contribution in [0, 0.1) is 6.92 Å². The lowest BCUT2D eigenvalue weighted by atomic mass is 10.3. The average molecular weight is 220 g/mol. The smallest absolute Gasteiger partial charge is 0.396 e. The number of nitrogens with zero attached hydrogens (tertiary/aromatic N) is 2. The number of hydrogen-bond donors (Lipinski definition) is 1. The third-order valence-electron chi connectivity index (χ3n) is 1.48. The lowest BCUT2D eigenvalue weighted by molar-refractivity contribution is -0.128. The number of aromatic nitrogens is 2. The van der Waals surface area contributed by atoms with Crippen LogP contribution >= 0.6 is 0 Å². The van der Waals surface area contributed by atoms with E-state index in [1.54, 1.807) is 0 Å². The van der Waals surface area contributed by atoms with Gasteiger partial charge in [-0.3, -0.25) is 0 Å². The number of carboxylic acids is 1. The highest BCUT2D eigenvalue weighted by molar-refractivity contribution is 5.85. The highest BCUT2D eigenvalue weighted by Gasteiger charge is 2.29. The van der Waals surface area contributed by atoms with E-state index in [4.69, 9.17) is 5.11 Å². The van der Waals surface area contributed by atoms with E-state index in [0.29, 0.717) is 0 Å². The predicted octanol–water partition coefficient (Wildman–Crippen LogP) is 1.59. The van der Waals surface area contributed by atoms with E-state index in [2.05, 4.69) is 9.97 Å². The molecule has 4 nitrogen and oxygen atoms in total. The molecule has 0 aliphatic heterocycles. The van der Waals surface area contributed by atoms with Gasteiger partial charge in [-0.25, -0.2) is 14.8 Å². The van der Waals surface area contributed by atoms with Crippen molar-refractivity contribution >= 4 is 5.97 Å². The third kappa shape index (κ3) is 3.53. The molecule has 0 aliphatic rings. The van der Waals surface area contributed by atoms with E-state index < -0.39 is 30.1 Å². The van der Waals surface area contributed by atoms with Crippen LogP contribution in [0.15, 0.2) is 6.07 Å². The number of hydrogen-bond acceptors (Lipinski definition) is 3. The van der Waals surface area contributed by atoms with E-state index in [1.807, 2.05) is 0 Å². The first-order valence-electron chi connectivity index (χ1n) is 3.92. The molecule has 82 valence electrons. The van der Waals surface area contributed by atoms with E-state index in [1.165, 1.54) is 6.92 Å². The lowest BCUT2D eigenvalue weighted by Crippen LogP contribution is -2.16. The largest absolute Gasteiger partial charge is 0.477 e. The molecule has 0 atom stereocenters. The van der Waals surface area contributed by atoms with Crippen molar-refractivity contribution in [2.24, 2.45) is 0 Å². The van der Waals surface area contributed by atoms with Crippen LogP contribution in [0.5, 0.6) is 0 Å². The Labute approximate surface area is 82.8 Å². The van der Waals surface area contributed by atoms with Gasteiger partial charge in [0.2, 0.25) is 0 Å². The van der Waals surface area contributed by atoms with Gasteiger partial charge in [0.1, 0.15) is 12.2 Å². The predicted molar refractivity (Wildman–Crippen MR) is 43.5 cm³/mol. The number of alkyl halides is 3. The monoisotopic (exact) mass is 220 g/mol. The molecule has 1 heterocycles. The molecule has 0 amide bonds. The topological polar surface area (TPSA) is 63.1 Å². The molecule has 7 heteroatoms. The molecule has 0 aliphatic carbocycles. The van der Waals surface area contributed by atoms with Crippen molar-refractivity contribution in [3.8, 4) is 0 Å². The van der Waals surface area contributed by atoms with Gasteiger partial charge in [0.15, 0.2) is 5.69 Å². The number of carboxylic acid groups (broad SMARTS) is 1. The number of carbonyl (C=O) groups is 1. The fourth-order valence-electron chi connectivity index (χ4n) is 0.998. The van der Waals surface area contributed by atoms with Gasteiger partial charge in [-0.15, -0.1) is 0 Å². The van der Waals surface area contributed by atoms with Crippen LogP contribution in [0.2, 0.25) is 0 Å². The van der Waals surface area contributed by atoms with Crippen LogP contribution in [0.4, 0.5) is 13.2 Å². The van der Waals surface area contributed by atoms with Gasteiger partial charge in [0.05, 0.1) is 0 Å². The van der Waals surface area contributed by atoms with Gasteiger partial charge in [-0.05, 0) is 13.0 Å². The van der Waals surface area contributed by atoms with Gasteiger partial charge in [0, 0.05) is 5.69 Å². The minimum Gasteiger partial charge on any atom is -0.477 e. The summed E-state index contributed by atoms with van der Waals surface area (Å²) in [6.45, 7) is 1.41. The Morgan fingerprint density at radius 2 is 2.07 bits per heavy atom. The van der Waals surface area contributed by atoms with Crippen LogP contribution in [0.1, 0.15) is 22.0 Å². The summed E-state index contributed by atoms with van der Waals surface area (Å²) < 4.78 is 35.9. The Bertz CT molecular complexity index is 390. The van der Waals surface area contributed by atoms with Crippen LogP contribution in [-0.2, 0) is 6.42 Å². The molecule has 0 saturated heterocycles.